The van der Waals surface area contributed by atoms with Crippen molar-refractivity contribution in [3.05, 3.63) is 62.8 Å². The molecular weight excluding hydrogens is 560 g/mol. The number of nitrogens with one attached hydrogen (secondary N) is 1. The number of nitrogens with zero attached hydrogens (tertiary/aromatic N) is 6. The summed E-state index contributed by atoms with van der Waals surface area (Å²) in [6.07, 6.45) is 5.12. The van der Waals surface area contributed by atoms with Gasteiger partial charge >= 0.3 is 0 Å². The zero-order valence-electron chi connectivity index (χ0n) is 23.7. The summed E-state index contributed by atoms with van der Waals surface area (Å²) < 4.78 is 0. The standard InChI is InChI=1S/C29H39ClN8O2S/c1-3-21-18-37(27-25(30)34-23(26(31)35-27)28(40)32-10-16-39)14-15-38(21)22-8-12-36(13-9-22)24(29-33-11-17-41-29)20-6-4-19(2)5-7-20/h4-7,11,17,21-22,24,39H,3,8-10,12-16,18H2,1-2H3,(H2,31,35)(H,32,40)/t21-,24?/m0/s1. The summed E-state index contributed by atoms with van der Waals surface area (Å²) in [4.78, 5) is 33.1. The molecular formula is C29H39ClN8O2S. The minimum absolute atomic E-state index is 0.0219. The Labute approximate surface area is 250 Å². The normalized spacial score (nSPS) is 19.8. The van der Waals surface area contributed by atoms with Crippen molar-refractivity contribution in [2.75, 3.05) is 56.5 Å². The minimum Gasteiger partial charge on any atom is -0.395 e. The van der Waals surface area contributed by atoms with Gasteiger partial charge in [-0.25, -0.2) is 15.0 Å². The number of likely N-dealkylation sites (tertiary alicyclic amines) is 1. The van der Waals surface area contributed by atoms with Gasteiger partial charge in [0.25, 0.3) is 5.91 Å². The van der Waals surface area contributed by atoms with Crippen molar-refractivity contribution in [1.82, 2.24) is 30.1 Å². The van der Waals surface area contributed by atoms with Gasteiger partial charge in [-0.1, -0.05) is 48.4 Å². The Kier molecular flexibility index (Phi) is 9.72. The number of carbonyl (C=O) groups excluding carboxylic acids is 1. The molecule has 41 heavy (non-hydrogen) atoms. The Bertz CT molecular complexity index is 1300. The first-order chi connectivity index (χ1) is 19.9. The lowest BCUT2D eigenvalue weighted by Gasteiger charge is -2.48. The van der Waals surface area contributed by atoms with E-state index >= 15 is 0 Å². The third-order valence-electron chi connectivity index (χ3n) is 8.19. The van der Waals surface area contributed by atoms with Gasteiger partial charge < -0.3 is 21.1 Å². The average Bonchev–Trinajstić information content (AvgIpc) is 3.52. The highest BCUT2D eigenvalue weighted by molar-refractivity contribution is 7.09. The summed E-state index contributed by atoms with van der Waals surface area (Å²) in [6.45, 7) is 8.75. The molecule has 2 aromatic heterocycles. The van der Waals surface area contributed by atoms with Crippen molar-refractivity contribution in [2.24, 2.45) is 0 Å². The maximum Gasteiger partial charge on any atom is 0.273 e. The van der Waals surface area contributed by atoms with E-state index in [2.05, 4.69) is 73.5 Å². The van der Waals surface area contributed by atoms with E-state index in [0.717, 1.165) is 57.0 Å². The number of rotatable bonds is 9. The van der Waals surface area contributed by atoms with Gasteiger partial charge in [-0.05, 0) is 31.7 Å². The van der Waals surface area contributed by atoms with Crippen LogP contribution in [0.5, 0.6) is 0 Å². The molecule has 3 aromatic rings. The highest BCUT2D eigenvalue weighted by Crippen LogP contribution is 2.35. The van der Waals surface area contributed by atoms with Gasteiger partial charge in [-0.15, -0.1) is 11.3 Å². The topological polar surface area (TPSA) is 124 Å². The van der Waals surface area contributed by atoms with Crippen LogP contribution in [-0.4, -0.2) is 93.7 Å². The van der Waals surface area contributed by atoms with Gasteiger partial charge in [0, 0.05) is 62.9 Å². The van der Waals surface area contributed by atoms with E-state index in [1.165, 1.54) is 11.1 Å². The molecule has 2 atom stereocenters. The van der Waals surface area contributed by atoms with Crippen molar-refractivity contribution in [3.63, 3.8) is 0 Å². The Morgan fingerprint density at radius 1 is 1.20 bits per heavy atom. The number of piperidine rings is 1. The number of hydrogen-bond donors (Lipinski definition) is 3. The summed E-state index contributed by atoms with van der Waals surface area (Å²) in [5, 5.41) is 14.9. The number of aryl methyl sites for hydroxylation is 1. The number of aliphatic hydroxyl groups excluding tert-OH is 1. The molecule has 2 aliphatic heterocycles. The van der Waals surface area contributed by atoms with Crippen LogP contribution in [0.2, 0.25) is 5.15 Å². The van der Waals surface area contributed by atoms with Crippen LogP contribution >= 0.6 is 22.9 Å². The SMILES string of the molecule is CC[C@H]1CN(c2nc(N)c(C(=O)NCCO)nc2Cl)CCN1C1CCN(C(c2ccc(C)cc2)c2nccs2)CC1. The highest BCUT2D eigenvalue weighted by atomic mass is 35.5. The number of hydrogen-bond acceptors (Lipinski definition) is 10. The van der Waals surface area contributed by atoms with Gasteiger partial charge in [0.15, 0.2) is 22.5 Å². The number of aromatic nitrogens is 3. The van der Waals surface area contributed by atoms with Gasteiger partial charge in [0.1, 0.15) is 5.01 Å². The number of halogens is 1. The fraction of sp³-hybridized carbons (Fsp3) is 0.517. The second-order valence-electron chi connectivity index (χ2n) is 10.7. The van der Waals surface area contributed by atoms with Gasteiger partial charge in [0.2, 0.25) is 0 Å². The summed E-state index contributed by atoms with van der Waals surface area (Å²) in [6, 6.07) is 9.92. The van der Waals surface area contributed by atoms with Gasteiger partial charge in [-0.2, -0.15) is 0 Å². The molecule has 5 rings (SSSR count). The van der Waals surface area contributed by atoms with Crippen LogP contribution in [0.25, 0.3) is 0 Å². The number of piperazine rings is 1. The van der Waals surface area contributed by atoms with E-state index in [1.807, 2.05) is 6.20 Å². The maximum atomic E-state index is 12.3. The first kappa shape index (κ1) is 29.7. The number of thiazole rings is 1. The van der Waals surface area contributed by atoms with E-state index in [0.29, 0.717) is 17.9 Å². The fourth-order valence-electron chi connectivity index (χ4n) is 6.05. The molecule has 4 N–H and O–H groups in total. The molecule has 0 bridgehead atoms. The lowest BCUT2D eigenvalue weighted by atomic mass is 9.95. The Morgan fingerprint density at radius 3 is 2.61 bits per heavy atom. The summed E-state index contributed by atoms with van der Waals surface area (Å²) in [5.41, 5.74) is 8.65. The third-order valence-corrected chi connectivity index (χ3v) is 9.27. The summed E-state index contributed by atoms with van der Waals surface area (Å²) in [5.74, 6) is 0.0470. The number of nitrogen functional groups attached to an aromatic ring is 1. The molecule has 0 spiro atoms. The van der Waals surface area contributed by atoms with Crippen molar-refractivity contribution in [1.29, 1.82) is 0 Å². The number of amides is 1. The number of anilines is 2. The largest absolute Gasteiger partial charge is 0.395 e. The van der Waals surface area contributed by atoms with Crippen molar-refractivity contribution >= 4 is 40.5 Å². The summed E-state index contributed by atoms with van der Waals surface area (Å²) >= 11 is 8.24. The van der Waals surface area contributed by atoms with Crippen LogP contribution in [0.1, 0.15) is 58.9 Å². The molecule has 2 aliphatic rings. The molecule has 2 fully saturated rings. The van der Waals surface area contributed by atoms with Crippen molar-refractivity contribution < 1.29 is 9.90 Å². The van der Waals surface area contributed by atoms with Crippen LogP contribution in [0.3, 0.4) is 0 Å². The fourth-order valence-corrected chi connectivity index (χ4v) is 7.09. The smallest absolute Gasteiger partial charge is 0.273 e. The number of nitrogens with two attached hydrogens (primary N) is 1. The number of carbonyl (C=O) groups is 1. The molecule has 0 saturated carbocycles. The molecule has 12 heteroatoms. The van der Waals surface area contributed by atoms with E-state index in [9.17, 15) is 4.79 Å². The van der Waals surface area contributed by atoms with Crippen LogP contribution in [0.4, 0.5) is 11.6 Å². The van der Waals surface area contributed by atoms with Crippen molar-refractivity contribution in [3.8, 4) is 0 Å². The first-order valence-corrected chi connectivity index (χ1v) is 15.6. The molecule has 1 amide bonds. The zero-order chi connectivity index (χ0) is 28.9. The second kappa shape index (κ2) is 13.4. The molecule has 4 heterocycles. The third kappa shape index (κ3) is 6.65. The quantitative estimate of drug-likeness (QED) is 0.340. The molecule has 10 nitrogen and oxygen atoms in total. The van der Waals surface area contributed by atoms with E-state index in [1.54, 1.807) is 11.3 Å². The monoisotopic (exact) mass is 598 g/mol. The molecule has 1 unspecified atom stereocenters. The Balaban J connectivity index is 1.24. The van der Waals surface area contributed by atoms with E-state index < -0.39 is 5.91 Å². The summed E-state index contributed by atoms with van der Waals surface area (Å²) in [7, 11) is 0. The lowest BCUT2D eigenvalue weighted by molar-refractivity contribution is 0.0543. The first-order valence-electron chi connectivity index (χ1n) is 14.3. The predicted octanol–water partition coefficient (Wildman–Crippen LogP) is 3.35. The Morgan fingerprint density at radius 2 is 1.95 bits per heavy atom. The molecule has 1 aromatic carbocycles. The average molecular weight is 599 g/mol. The predicted molar refractivity (Wildman–Crippen MR) is 164 cm³/mol. The maximum absolute atomic E-state index is 12.3. The second-order valence-corrected chi connectivity index (χ2v) is 12.0. The highest BCUT2D eigenvalue weighted by Gasteiger charge is 2.36. The van der Waals surface area contributed by atoms with Crippen LogP contribution in [0, 0.1) is 6.92 Å². The van der Waals surface area contributed by atoms with Crippen LogP contribution < -0.4 is 16.0 Å². The molecule has 0 aliphatic carbocycles. The van der Waals surface area contributed by atoms with Gasteiger partial charge in [-0.3, -0.25) is 14.6 Å². The van der Waals surface area contributed by atoms with Crippen LogP contribution in [0.15, 0.2) is 35.8 Å². The Hall–Kier alpha value is -2.83. The molecule has 2 saturated heterocycles. The van der Waals surface area contributed by atoms with Gasteiger partial charge in [0.05, 0.1) is 12.6 Å². The molecule has 220 valence electrons. The van der Waals surface area contributed by atoms with E-state index in [4.69, 9.17) is 27.4 Å². The van der Waals surface area contributed by atoms with Crippen LogP contribution in [-0.2, 0) is 0 Å². The minimum atomic E-state index is -0.500. The van der Waals surface area contributed by atoms with Crippen molar-refractivity contribution in [2.45, 2.75) is 51.2 Å². The molecule has 0 radical (unpaired) electrons. The number of benzene rings is 1. The van der Waals surface area contributed by atoms with E-state index in [-0.39, 0.29) is 35.9 Å². The zero-order valence-corrected chi connectivity index (χ0v) is 25.2. The number of aliphatic hydroxyl groups is 1. The lowest BCUT2D eigenvalue weighted by Crippen LogP contribution is -2.58.